The summed E-state index contributed by atoms with van der Waals surface area (Å²) in [6.07, 6.45) is 0. The van der Waals surface area contributed by atoms with Crippen molar-refractivity contribution in [2.75, 3.05) is 5.32 Å². The van der Waals surface area contributed by atoms with Crippen molar-refractivity contribution in [3.63, 3.8) is 0 Å². The van der Waals surface area contributed by atoms with Crippen LogP contribution in [0.4, 0.5) is 11.4 Å². The Labute approximate surface area is 162 Å². The lowest BCUT2D eigenvalue weighted by atomic mass is 10.1. The largest absolute Gasteiger partial charge is 0.356 e. The van der Waals surface area contributed by atoms with E-state index in [0.717, 1.165) is 21.5 Å². The highest BCUT2D eigenvalue weighted by atomic mass is 79.9. The second-order valence-electron chi connectivity index (χ2n) is 6.24. The van der Waals surface area contributed by atoms with Crippen LogP contribution in [-0.4, -0.2) is 4.57 Å². The molecular weight excluding hydrogens is 384 g/mol. The number of hydrogen-bond acceptors (Lipinski definition) is 1. The Hall–Kier alpha value is -2.78. The van der Waals surface area contributed by atoms with E-state index in [-0.39, 0.29) is 0 Å². The maximum Gasteiger partial charge on any atom is 0.0531 e. The third kappa shape index (κ3) is 3.44. The summed E-state index contributed by atoms with van der Waals surface area (Å²) in [5.74, 6) is 0. The van der Waals surface area contributed by atoms with Crippen LogP contribution in [0.5, 0.6) is 0 Å². The van der Waals surface area contributed by atoms with Crippen molar-refractivity contribution in [2.45, 2.75) is 6.92 Å². The highest BCUT2D eigenvalue weighted by molar-refractivity contribution is 9.10. The molecule has 0 spiro atoms. The molecule has 0 fully saturated rings. The maximum absolute atomic E-state index is 3.51. The number of halogens is 1. The van der Waals surface area contributed by atoms with Gasteiger partial charge in [0.05, 0.1) is 5.69 Å². The number of nitrogens with zero attached hydrogens (tertiary/aromatic N) is 1. The number of hydrogen-bond donors (Lipinski definition) is 1. The highest BCUT2D eigenvalue weighted by Crippen LogP contribution is 2.28. The average Bonchev–Trinajstić information content (AvgIpc) is 3.05. The molecule has 0 radical (unpaired) electrons. The number of benzene rings is 3. The zero-order valence-electron chi connectivity index (χ0n) is 14.5. The third-order valence-corrected chi connectivity index (χ3v) is 4.93. The predicted molar refractivity (Wildman–Crippen MR) is 113 cm³/mol. The molecule has 0 bridgehead atoms. The minimum absolute atomic E-state index is 1.08. The molecule has 0 aliphatic rings. The molecule has 0 saturated carbocycles. The number of nitrogens with one attached hydrogen (secondary N) is 1. The van der Waals surface area contributed by atoms with Crippen LogP contribution >= 0.6 is 15.9 Å². The molecule has 4 aromatic rings. The number of aryl methyl sites for hydroxylation is 1. The molecule has 26 heavy (non-hydrogen) atoms. The molecule has 0 saturated heterocycles. The SMILES string of the molecule is Cc1ccc(-c2ccc(Br)cc2)n1-c1ccc(Nc2ccccc2)cc1. The van der Waals surface area contributed by atoms with Gasteiger partial charge in [-0.05, 0) is 73.2 Å². The van der Waals surface area contributed by atoms with Gasteiger partial charge in [-0.3, -0.25) is 0 Å². The van der Waals surface area contributed by atoms with Gasteiger partial charge in [0.25, 0.3) is 0 Å². The smallest absolute Gasteiger partial charge is 0.0531 e. The van der Waals surface area contributed by atoms with Gasteiger partial charge in [0.15, 0.2) is 0 Å². The van der Waals surface area contributed by atoms with Crippen LogP contribution in [-0.2, 0) is 0 Å². The lowest BCUT2D eigenvalue weighted by Gasteiger charge is -2.13. The lowest BCUT2D eigenvalue weighted by Crippen LogP contribution is -1.99. The van der Waals surface area contributed by atoms with Crippen molar-refractivity contribution in [1.82, 2.24) is 4.57 Å². The van der Waals surface area contributed by atoms with Crippen LogP contribution in [0.15, 0.2) is 95.5 Å². The summed E-state index contributed by atoms with van der Waals surface area (Å²) in [5.41, 5.74) is 6.94. The summed E-state index contributed by atoms with van der Waals surface area (Å²) >= 11 is 3.51. The number of para-hydroxylation sites is 1. The summed E-state index contributed by atoms with van der Waals surface area (Å²) in [4.78, 5) is 0. The van der Waals surface area contributed by atoms with E-state index in [1.807, 2.05) is 18.2 Å². The van der Waals surface area contributed by atoms with Gasteiger partial charge in [-0.2, -0.15) is 0 Å². The second-order valence-corrected chi connectivity index (χ2v) is 7.16. The summed E-state index contributed by atoms with van der Waals surface area (Å²) in [6, 6.07) is 31.5. The Bertz CT molecular complexity index is 1000. The second kappa shape index (κ2) is 7.22. The molecule has 0 aliphatic heterocycles. The summed E-state index contributed by atoms with van der Waals surface area (Å²) < 4.78 is 3.38. The van der Waals surface area contributed by atoms with E-state index in [9.17, 15) is 0 Å². The van der Waals surface area contributed by atoms with Crippen LogP contribution in [0, 0.1) is 6.92 Å². The molecule has 1 N–H and O–H groups in total. The number of aromatic nitrogens is 1. The van der Waals surface area contributed by atoms with E-state index >= 15 is 0 Å². The highest BCUT2D eigenvalue weighted by Gasteiger charge is 2.09. The molecule has 4 rings (SSSR count). The van der Waals surface area contributed by atoms with Gasteiger partial charge < -0.3 is 9.88 Å². The van der Waals surface area contributed by atoms with E-state index in [2.05, 4.69) is 106 Å². The third-order valence-electron chi connectivity index (χ3n) is 4.40. The predicted octanol–water partition coefficient (Wildman–Crippen LogP) is 6.96. The van der Waals surface area contributed by atoms with E-state index in [0.29, 0.717) is 0 Å². The Balaban J connectivity index is 1.66. The zero-order chi connectivity index (χ0) is 17.9. The molecule has 3 heteroatoms. The van der Waals surface area contributed by atoms with E-state index in [4.69, 9.17) is 0 Å². The lowest BCUT2D eigenvalue weighted by molar-refractivity contribution is 1.02. The summed E-state index contributed by atoms with van der Waals surface area (Å²) in [6.45, 7) is 2.14. The van der Waals surface area contributed by atoms with Gasteiger partial charge in [0.1, 0.15) is 0 Å². The normalized spacial score (nSPS) is 10.7. The van der Waals surface area contributed by atoms with Crippen LogP contribution < -0.4 is 5.32 Å². The number of rotatable bonds is 4. The van der Waals surface area contributed by atoms with Gasteiger partial charge in [-0.1, -0.05) is 46.3 Å². The molecule has 0 amide bonds. The molecule has 1 aromatic heterocycles. The minimum atomic E-state index is 1.08. The van der Waals surface area contributed by atoms with Gasteiger partial charge in [-0.15, -0.1) is 0 Å². The van der Waals surface area contributed by atoms with Crippen LogP contribution in [0.1, 0.15) is 5.69 Å². The minimum Gasteiger partial charge on any atom is -0.356 e. The molecule has 128 valence electrons. The van der Waals surface area contributed by atoms with Crippen LogP contribution in [0.25, 0.3) is 16.9 Å². The van der Waals surface area contributed by atoms with Crippen LogP contribution in [0.2, 0.25) is 0 Å². The molecule has 1 heterocycles. The molecule has 0 atom stereocenters. The Morgan fingerprint density at radius 2 is 1.35 bits per heavy atom. The standard InChI is InChI=1S/C23H19BrN2/c1-17-7-16-23(18-8-10-19(24)11-9-18)26(17)22-14-12-21(13-15-22)25-20-5-3-2-4-6-20/h2-16,25H,1H3. The van der Waals surface area contributed by atoms with Crippen molar-refractivity contribution in [2.24, 2.45) is 0 Å². The fourth-order valence-electron chi connectivity index (χ4n) is 3.11. The van der Waals surface area contributed by atoms with Gasteiger partial charge in [-0.25, -0.2) is 0 Å². The van der Waals surface area contributed by atoms with Crippen molar-refractivity contribution in [3.8, 4) is 16.9 Å². The average molecular weight is 403 g/mol. The Morgan fingerprint density at radius 3 is 2.04 bits per heavy atom. The van der Waals surface area contributed by atoms with E-state index in [1.165, 1.54) is 17.0 Å². The first kappa shape index (κ1) is 16.7. The topological polar surface area (TPSA) is 17.0 Å². The molecule has 2 nitrogen and oxygen atoms in total. The molecular formula is C23H19BrN2. The monoisotopic (exact) mass is 402 g/mol. The zero-order valence-corrected chi connectivity index (χ0v) is 16.1. The van der Waals surface area contributed by atoms with Crippen molar-refractivity contribution < 1.29 is 0 Å². The van der Waals surface area contributed by atoms with Crippen molar-refractivity contribution in [3.05, 3.63) is 101 Å². The first-order valence-corrected chi connectivity index (χ1v) is 9.37. The molecule has 0 unspecified atom stereocenters. The first-order valence-electron chi connectivity index (χ1n) is 8.57. The van der Waals surface area contributed by atoms with Gasteiger partial charge >= 0.3 is 0 Å². The van der Waals surface area contributed by atoms with Gasteiger partial charge in [0, 0.05) is 27.2 Å². The Kier molecular flexibility index (Phi) is 4.63. The summed E-state index contributed by atoms with van der Waals surface area (Å²) in [7, 11) is 0. The van der Waals surface area contributed by atoms with Gasteiger partial charge in [0.2, 0.25) is 0 Å². The fourth-order valence-corrected chi connectivity index (χ4v) is 3.37. The Morgan fingerprint density at radius 1 is 0.692 bits per heavy atom. The first-order chi connectivity index (χ1) is 12.7. The molecule has 0 aliphatic carbocycles. The van der Waals surface area contributed by atoms with Crippen molar-refractivity contribution in [1.29, 1.82) is 0 Å². The molecule has 3 aromatic carbocycles. The van der Waals surface area contributed by atoms with E-state index in [1.54, 1.807) is 0 Å². The maximum atomic E-state index is 3.51. The fraction of sp³-hybridized carbons (Fsp3) is 0.0435. The summed E-state index contributed by atoms with van der Waals surface area (Å²) in [5, 5.41) is 3.43. The number of anilines is 2. The van der Waals surface area contributed by atoms with Crippen molar-refractivity contribution >= 4 is 27.3 Å². The quantitative estimate of drug-likeness (QED) is 0.390. The van der Waals surface area contributed by atoms with Crippen LogP contribution in [0.3, 0.4) is 0 Å². The van der Waals surface area contributed by atoms with E-state index < -0.39 is 0 Å².